The van der Waals surface area contributed by atoms with Gasteiger partial charge >= 0.3 is 0 Å². The van der Waals surface area contributed by atoms with Crippen molar-refractivity contribution in [1.29, 1.82) is 0 Å². The Morgan fingerprint density at radius 3 is 1.56 bits per heavy atom. The molecule has 0 aliphatic rings. The van der Waals surface area contributed by atoms with Crippen LogP contribution in [0.15, 0.2) is 77.2 Å². The highest BCUT2D eigenvalue weighted by Crippen LogP contribution is 2.42. The quantitative estimate of drug-likeness (QED) is 0.0312. The Labute approximate surface area is 437 Å². The molecule has 0 unspecified atom stereocenters. The summed E-state index contributed by atoms with van der Waals surface area (Å²) in [4.78, 5) is 53.5. The average molecular weight is 1070 g/mol. The highest BCUT2D eigenvalue weighted by molar-refractivity contribution is 6.74. The zero-order chi connectivity index (χ0) is 55.0. The summed E-state index contributed by atoms with van der Waals surface area (Å²) in [5, 5.41) is 37.4. The Morgan fingerprint density at radius 2 is 1.12 bits per heavy atom. The number of non-ortho nitro benzene ring substituents is 2. The van der Waals surface area contributed by atoms with E-state index in [1.54, 1.807) is 50.2 Å². The molecule has 73 heavy (non-hydrogen) atoms. The second-order valence-electron chi connectivity index (χ2n) is 20.3. The first-order chi connectivity index (χ1) is 33.8. The molecule has 1 aromatic heterocycles. The number of carbonyl (C=O) groups is 2. The number of hydrogen-bond donors (Lipinski definition) is 4. The van der Waals surface area contributed by atoms with Crippen LogP contribution in [0.2, 0.25) is 46.3 Å². The predicted molar refractivity (Wildman–Crippen MR) is 289 cm³/mol. The van der Waals surface area contributed by atoms with E-state index in [0.717, 1.165) is 11.3 Å². The maximum absolute atomic E-state index is 13.3. The third-order valence-electron chi connectivity index (χ3n) is 13.1. The zero-order valence-electron chi connectivity index (χ0n) is 43.4. The third-order valence-corrected chi connectivity index (χ3v) is 23.2. The number of nitrogens with one attached hydrogen (secondary N) is 4. The summed E-state index contributed by atoms with van der Waals surface area (Å²) in [7, 11) is -4.43. The molecule has 0 saturated heterocycles. The van der Waals surface area contributed by atoms with Crippen LogP contribution in [0.25, 0.3) is 21.1 Å². The van der Waals surface area contributed by atoms with Gasteiger partial charge in [0.05, 0.1) is 45.2 Å². The zero-order valence-corrected chi connectivity index (χ0v) is 46.9. The van der Waals surface area contributed by atoms with Crippen LogP contribution >= 0.6 is 23.2 Å². The Morgan fingerprint density at radius 1 is 0.685 bits per heavy atom. The topological polar surface area (TPSA) is 235 Å². The highest BCUT2D eigenvalue weighted by Gasteiger charge is 2.42. The lowest BCUT2D eigenvalue weighted by molar-refractivity contribution is -0.385. The Bertz CT molecular complexity index is 2910. The summed E-state index contributed by atoms with van der Waals surface area (Å²) in [5.74, 6) is -0.657. The third kappa shape index (κ3) is 14.7. The molecule has 23 heteroatoms. The summed E-state index contributed by atoms with van der Waals surface area (Å²) in [6.07, 6.45) is -0.953. The van der Waals surface area contributed by atoms with Crippen molar-refractivity contribution >= 4 is 85.8 Å². The molecule has 4 N–H and O–H groups in total. The lowest BCUT2D eigenvalue weighted by atomic mass is 10.1. The van der Waals surface area contributed by atoms with Gasteiger partial charge in [-0.05, 0) is 111 Å². The van der Waals surface area contributed by atoms with Crippen LogP contribution in [0.4, 0.5) is 34.1 Å². The van der Waals surface area contributed by atoms with Crippen molar-refractivity contribution in [1.82, 2.24) is 21.0 Å². The molecule has 19 nitrogen and oxygen atoms in total. The Balaban J connectivity index is 0.000000317. The first kappa shape index (κ1) is 58.8. The summed E-state index contributed by atoms with van der Waals surface area (Å²) in [5.41, 5.74) is 8.56. The molecule has 1 heterocycles. The number of aromatic nitrogens is 2. The number of nitrogens with zero attached hydrogens (tertiary/aromatic N) is 6. The lowest BCUT2D eigenvalue weighted by Crippen LogP contribution is -2.55. The fraction of sp³-hybridized carbons (Fsp3) is 0.400. The Hall–Kier alpha value is -6.73. The van der Waals surface area contributed by atoms with Crippen molar-refractivity contribution in [3.63, 3.8) is 0 Å². The van der Waals surface area contributed by atoms with E-state index in [0.29, 0.717) is 39.1 Å². The second-order valence-corrected chi connectivity index (χ2v) is 30.5. The number of anilines is 2. The van der Waals surface area contributed by atoms with Gasteiger partial charge in [-0.3, -0.25) is 40.7 Å². The monoisotopic (exact) mass is 1070 g/mol. The van der Waals surface area contributed by atoms with Gasteiger partial charge in [-0.1, -0.05) is 76.9 Å². The number of nitro groups is 2. The largest absolute Gasteiger partial charge is 0.418 e. The van der Waals surface area contributed by atoms with Gasteiger partial charge in [0.15, 0.2) is 16.6 Å². The minimum atomic E-state index is -2.27. The summed E-state index contributed by atoms with van der Waals surface area (Å²) < 4.78 is 19.2. The summed E-state index contributed by atoms with van der Waals surface area (Å²) >= 11 is 12.7. The van der Waals surface area contributed by atoms with Crippen molar-refractivity contribution < 1.29 is 32.7 Å². The van der Waals surface area contributed by atoms with Crippen LogP contribution in [-0.2, 0) is 13.6 Å². The fourth-order valence-electron chi connectivity index (χ4n) is 6.56. The van der Waals surface area contributed by atoms with Crippen LogP contribution < -0.4 is 21.5 Å². The highest BCUT2D eigenvalue weighted by atomic mass is 35.5. The number of hydrazine groups is 1. The molecule has 0 fully saturated rings. The molecule has 0 spiro atoms. The van der Waals surface area contributed by atoms with Gasteiger partial charge in [-0.2, -0.15) is 0 Å². The molecule has 0 bridgehead atoms. The van der Waals surface area contributed by atoms with Crippen molar-refractivity contribution in [2.24, 2.45) is 0 Å². The van der Waals surface area contributed by atoms with Gasteiger partial charge in [-0.25, -0.2) is 9.69 Å². The van der Waals surface area contributed by atoms with Gasteiger partial charge < -0.3 is 23.9 Å². The number of hydrogen-bond acceptors (Lipinski definition) is 13. The van der Waals surface area contributed by atoms with Crippen LogP contribution in [0.1, 0.15) is 88.8 Å². The van der Waals surface area contributed by atoms with Crippen LogP contribution in [0.5, 0.6) is 0 Å². The van der Waals surface area contributed by atoms with E-state index in [1.165, 1.54) is 36.4 Å². The van der Waals surface area contributed by atoms with Gasteiger partial charge in [0.1, 0.15) is 12.1 Å². The first-order valence-electron chi connectivity index (χ1n) is 23.0. The molecule has 4 atom stereocenters. The number of benzene rings is 4. The maximum atomic E-state index is 13.3. The average Bonchev–Trinajstić information content (AvgIpc) is 3.81. The van der Waals surface area contributed by atoms with Crippen LogP contribution in [0, 0.1) is 47.2 Å². The van der Waals surface area contributed by atoms with Crippen molar-refractivity contribution in [2.75, 3.05) is 10.6 Å². The molecule has 388 valence electrons. The number of carbonyl (C=O) groups excluding carboxylic acids is 2. The molecule has 2 amide bonds. The SMILES string of the molecule is [C-]#[N+]c1ccc(N[C@@H](C(=O)NNC(=O)c2ccc([N+](=O)[O-])cc2)[C@@H](C)O[Si](C)(C)C(C)(C)C)c(C)c1Cl.[C-]#[N+]c1ccc(N[C@@H](c2nnc(-c3ccc([N+](=O)[O-])cc3)o2)[C@@H](C)O[Si](C)(C)C(C)(C)C)c(C)c1Cl. The molecular weight excluding hydrogens is 1010 g/mol. The van der Waals surface area contributed by atoms with Gasteiger partial charge in [0.25, 0.3) is 23.2 Å². The molecule has 0 aliphatic heterocycles. The number of halogens is 2. The van der Waals surface area contributed by atoms with E-state index in [4.69, 9.17) is 49.6 Å². The summed E-state index contributed by atoms with van der Waals surface area (Å²) in [6, 6.07) is 16.2. The van der Waals surface area contributed by atoms with Crippen LogP contribution in [-0.4, -0.2) is 66.7 Å². The van der Waals surface area contributed by atoms with Gasteiger partial charge in [0.2, 0.25) is 23.2 Å². The van der Waals surface area contributed by atoms with Crippen molar-refractivity contribution in [3.05, 3.63) is 148 Å². The molecular formula is C50H62Cl2N10O9Si2. The lowest BCUT2D eigenvalue weighted by Gasteiger charge is -2.40. The number of nitro benzene ring substituents is 2. The van der Waals surface area contributed by atoms with E-state index in [-0.39, 0.29) is 44.0 Å². The van der Waals surface area contributed by atoms with E-state index in [9.17, 15) is 29.8 Å². The molecule has 4 aromatic carbocycles. The fourth-order valence-corrected chi connectivity index (χ4v) is 9.81. The minimum absolute atomic E-state index is 0.0128. The molecule has 5 rings (SSSR count). The smallest absolute Gasteiger partial charge is 0.269 e. The molecule has 0 aliphatic carbocycles. The summed E-state index contributed by atoms with van der Waals surface area (Å²) in [6.45, 7) is 43.1. The van der Waals surface area contributed by atoms with Crippen LogP contribution in [0.3, 0.4) is 0 Å². The Kier molecular flexibility index (Phi) is 19.2. The standard InChI is InChI=1S/C25H32ClN5O5Si.C25H30ClN5O4Si/c1-15-19(13-14-20(27-6)21(15)26)28-22(16(2)36-37(7,8)25(3,4)5)24(33)30-29-23(32)17-9-11-18(12-10-17)31(34)35;1-15-19(13-14-20(27-6)21(15)26)28-22(16(2)35-36(7,8)25(3,4)5)24-30-29-23(34-24)17-9-11-18(12-10-17)31(32)33/h9-14,16,22,28H,1-5,7-8H3,(H,29,32)(H,30,33);9-14,16,22,28H,1-5,7-8H3/t2*16-,22-/m11/s1. The van der Waals surface area contributed by atoms with E-state index >= 15 is 0 Å². The van der Waals surface area contributed by atoms with Gasteiger partial charge in [-0.15, -0.1) is 10.2 Å². The molecule has 0 radical (unpaired) electrons. The first-order valence-corrected chi connectivity index (χ1v) is 29.6. The van der Waals surface area contributed by atoms with E-state index < -0.39 is 56.5 Å². The molecule has 0 saturated carbocycles. The van der Waals surface area contributed by atoms with Crippen molar-refractivity contribution in [2.45, 2.75) is 130 Å². The van der Waals surface area contributed by atoms with E-state index in [1.807, 2.05) is 13.8 Å². The molecule has 5 aromatic rings. The minimum Gasteiger partial charge on any atom is -0.418 e. The number of rotatable bonds is 16. The predicted octanol–water partition coefficient (Wildman–Crippen LogP) is 13.5. The van der Waals surface area contributed by atoms with Gasteiger partial charge in [0, 0.05) is 46.8 Å². The maximum Gasteiger partial charge on any atom is 0.269 e. The second kappa shape index (κ2) is 23.9. The number of amides is 2. The normalized spacial score (nSPS) is 13.4. The van der Waals surface area contributed by atoms with E-state index in [2.05, 4.69) is 109 Å². The van der Waals surface area contributed by atoms with Crippen molar-refractivity contribution in [3.8, 4) is 11.5 Å².